The lowest BCUT2D eigenvalue weighted by Gasteiger charge is -2.33. The minimum atomic E-state index is -1.20. The zero-order valence-electron chi connectivity index (χ0n) is 11.6. The molecule has 0 aromatic heterocycles. The highest BCUT2D eigenvalue weighted by Crippen LogP contribution is 2.47. The van der Waals surface area contributed by atoms with Gasteiger partial charge in [-0.2, -0.15) is 0 Å². The molecule has 102 valence electrons. The van der Waals surface area contributed by atoms with E-state index in [2.05, 4.69) is 0 Å². The van der Waals surface area contributed by atoms with Crippen LogP contribution in [0.25, 0.3) is 0 Å². The molecule has 1 saturated heterocycles. The monoisotopic (exact) mass is 261 g/mol. The van der Waals surface area contributed by atoms with Crippen LogP contribution in [0.2, 0.25) is 0 Å². The van der Waals surface area contributed by atoms with Crippen LogP contribution in [0, 0.1) is 6.92 Å². The van der Waals surface area contributed by atoms with Crippen LogP contribution in [0.4, 0.5) is 5.69 Å². The Balaban J connectivity index is 2.20. The van der Waals surface area contributed by atoms with Gasteiger partial charge in [-0.05, 0) is 32.8 Å². The van der Waals surface area contributed by atoms with E-state index in [1.807, 2.05) is 39.0 Å². The molecule has 3 rings (SSSR count). The van der Waals surface area contributed by atoms with Crippen molar-refractivity contribution < 1.29 is 14.3 Å². The van der Waals surface area contributed by atoms with Crippen LogP contribution < -0.4 is 4.90 Å². The molecule has 1 aromatic rings. The fraction of sp³-hybridized carbons (Fsp3) is 0.533. The number of para-hydroxylation sites is 1. The number of amides is 1. The number of ether oxygens (including phenoxy) is 2. The zero-order chi connectivity index (χ0) is 13.6. The van der Waals surface area contributed by atoms with Crippen LogP contribution >= 0.6 is 0 Å². The summed E-state index contributed by atoms with van der Waals surface area (Å²) < 4.78 is 11.6. The highest BCUT2D eigenvalue weighted by molar-refractivity contribution is 6.07. The first-order chi connectivity index (χ1) is 9.08. The van der Waals surface area contributed by atoms with Crippen molar-refractivity contribution >= 4 is 11.6 Å². The van der Waals surface area contributed by atoms with E-state index in [9.17, 15) is 4.79 Å². The Kier molecular flexibility index (Phi) is 2.87. The van der Waals surface area contributed by atoms with Gasteiger partial charge in [0.1, 0.15) is 0 Å². The van der Waals surface area contributed by atoms with Gasteiger partial charge in [0.15, 0.2) is 0 Å². The van der Waals surface area contributed by atoms with Crippen LogP contribution in [-0.2, 0) is 20.1 Å². The van der Waals surface area contributed by atoms with E-state index < -0.39 is 5.79 Å². The third-order valence-electron chi connectivity index (χ3n) is 3.75. The number of fused-ring (bicyclic) bond motifs is 2. The number of hydrogen-bond acceptors (Lipinski definition) is 3. The van der Waals surface area contributed by atoms with E-state index in [-0.39, 0.29) is 11.9 Å². The highest BCUT2D eigenvalue weighted by atomic mass is 16.7. The van der Waals surface area contributed by atoms with Gasteiger partial charge in [-0.25, -0.2) is 0 Å². The molecule has 4 nitrogen and oxygen atoms in total. The summed E-state index contributed by atoms with van der Waals surface area (Å²) >= 11 is 0. The molecule has 1 spiro atoms. The van der Waals surface area contributed by atoms with Crippen LogP contribution in [0.3, 0.4) is 0 Å². The summed E-state index contributed by atoms with van der Waals surface area (Å²) in [5.74, 6) is -1.30. The Bertz CT molecular complexity index is 518. The normalized spacial score (nSPS) is 21.3. The first-order valence-corrected chi connectivity index (χ1v) is 6.79. The average molecular weight is 261 g/mol. The van der Waals surface area contributed by atoms with Gasteiger partial charge in [-0.3, -0.25) is 4.79 Å². The van der Waals surface area contributed by atoms with E-state index in [0.717, 1.165) is 23.2 Å². The first kappa shape index (κ1) is 12.6. The molecule has 2 aliphatic rings. The van der Waals surface area contributed by atoms with Gasteiger partial charge in [-0.1, -0.05) is 18.2 Å². The van der Waals surface area contributed by atoms with E-state index in [4.69, 9.17) is 9.47 Å². The van der Waals surface area contributed by atoms with E-state index >= 15 is 0 Å². The molecule has 1 aromatic carbocycles. The topological polar surface area (TPSA) is 38.8 Å². The summed E-state index contributed by atoms with van der Waals surface area (Å²) in [7, 11) is 0. The Morgan fingerprint density at radius 3 is 2.58 bits per heavy atom. The summed E-state index contributed by atoms with van der Waals surface area (Å²) in [6, 6.07) is 5.99. The van der Waals surface area contributed by atoms with Crippen molar-refractivity contribution in [2.45, 2.75) is 39.0 Å². The van der Waals surface area contributed by atoms with Gasteiger partial charge in [0, 0.05) is 11.6 Å². The molecule has 0 aliphatic carbocycles. The van der Waals surface area contributed by atoms with Gasteiger partial charge in [0.25, 0.3) is 11.7 Å². The minimum absolute atomic E-state index is 0.0841. The van der Waals surface area contributed by atoms with Crippen molar-refractivity contribution in [3.05, 3.63) is 29.3 Å². The standard InChI is InChI=1S/C15H19NO3/c1-10(2)16-13-11(3)6-4-7-12(13)15(14(16)17)18-8-5-9-19-15/h4,6-7,10H,5,8-9H2,1-3H3. The lowest BCUT2D eigenvalue weighted by molar-refractivity contribution is -0.256. The molecule has 4 heteroatoms. The van der Waals surface area contributed by atoms with Crippen molar-refractivity contribution in [3.8, 4) is 0 Å². The second-order valence-electron chi connectivity index (χ2n) is 5.41. The Morgan fingerprint density at radius 2 is 1.95 bits per heavy atom. The molecular weight excluding hydrogens is 242 g/mol. The minimum Gasteiger partial charge on any atom is -0.338 e. The van der Waals surface area contributed by atoms with E-state index in [1.165, 1.54) is 0 Å². The number of rotatable bonds is 1. The predicted octanol–water partition coefficient (Wildman–Crippen LogP) is 2.34. The number of carbonyl (C=O) groups excluding carboxylic acids is 1. The summed E-state index contributed by atoms with van der Waals surface area (Å²) in [6.07, 6.45) is 0.831. The van der Waals surface area contributed by atoms with Crippen molar-refractivity contribution in [2.75, 3.05) is 18.1 Å². The summed E-state index contributed by atoms with van der Waals surface area (Å²) in [4.78, 5) is 14.6. The second kappa shape index (κ2) is 4.32. The third-order valence-corrected chi connectivity index (χ3v) is 3.75. The largest absolute Gasteiger partial charge is 0.338 e. The van der Waals surface area contributed by atoms with Crippen LogP contribution in [0.15, 0.2) is 18.2 Å². The van der Waals surface area contributed by atoms with Crippen molar-refractivity contribution in [2.24, 2.45) is 0 Å². The van der Waals surface area contributed by atoms with Crippen molar-refractivity contribution in [3.63, 3.8) is 0 Å². The number of benzene rings is 1. The summed E-state index contributed by atoms with van der Waals surface area (Å²) in [5.41, 5.74) is 2.88. The number of carbonyl (C=O) groups is 1. The molecule has 0 N–H and O–H groups in total. The average Bonchev–Trinajstić information content (AvgIpc) is 2.63. The van der Waals surface area contributed by atoms with Gasteiger partial charge in [0.2, 0.25) is 0 Å². The maximum Gasteiger partial charge on any atom is 0.292 e. The van der Waals surface area contributed by atoms with Gasteiger partial charge in [-0.15, -0.1) is 0 Å². The molecule has 0 atom stereocenters. The molecule has 1 amide bonds. The molecule has 2 heterocycles. The van der Waals surface area contributed by atoms with Crippen molar-refractivity contribution in [1.82, 2.24) is 0 Å². The molecule has 19 heavy (non-hydrogen) atoms. The molecule has 1 fully saturated rings. The third kappa shape index (κ3) is 1.63. The highest BCUT2D eigenvalue weighted by Gasteiger charge is 2.55. The van der Waals surface area contributed by atoms with Gasteiger partial charge >= 0.3 is 0 Å². The Labute approximate surface area is 113 Å². The smallest absolute Gasteiger partial charge is 0.292 e. The second-order valence-corrected chi connectivity index (χ2v) is 5.41. The van der Waals surface area contributed by atoms with E-state index in [1.54, 1.807) is 4.90 Å². The molecular formula is C15H19NO3. The summed E-state index contributed by atoms with van der Waals surface area (Å²) in [6.45, 7) is 7.16. The number of nitrogens with zero attached hydrogens (tertiary/aromatic N) is 1. The zero-order valence-corrected chi connectivity index (χ0v) is 11.6. The fourth-order valence-corrected chi connectivity index (χ4v) is 2.92. The van der Waals surface area contributed by atoms with Crippen LogP contribution in [0.5, 0.6) is 0 Å². The maximum absolute atomic E-state index is 12.8. The molecule has 2 aliphatic heterocycles. The number of aryl methyl sites for hydroxylation is 1. The first-order valence-electron chi connectivity index (χ1n) is 6.79. The Morgan fingerprint density at radius 1 is 1.26 bits per heavy atom. The van der Waals surface area contributed by atoms with Crippen LogP contribution in [0.1, 0.15) is 31.4 Å². The van der Waals surface area contributed by atoms with Gasteiger partial charge < -0.3 is 14.4 Å². The molecule has 0 radical (unpaired) electrons. The number of anilines is 1. The maximum atomic E-state index is 12.8. The van der Waals surface area contributed by atoms with Crippen molar-refractivity contribution in [1.29, 1.82) is 0 Å². The summed E-state index contributed by atoms with van der Waals surface area (Å²) in [5, 5.41) is 0. The quantitative estimate of drug-likeness (QED) is 0.779. The lowest BCUT2D eigenvalue weighted by Crippen LogP contribution is -2.48. The predicted molar refractivity (Wildman–Crippen MR) is 72.0 cm³/mol. The lowest BCUT2D eigenvalue weighted by atomic mass is 10.0. The molecule has 0 bridgehead atoms. The SMILES string of the molecule is Cc1cccc2c1N(C(C)C)C(=O)C21OCCCO1. The van der Waals surface area contributed by atoms with Crippen LogP contribution in [-0.4, -0.2) is 25.2 Å². The fourth-order valence-electron chi connectivity index (χ4n) is 2.92. The van der Waals surface area contributed by atoms with E-state index in [0.29, 0.717) is 13.2 Å². The molecule has 0 unspecified atom stereocenters. The number of hydrogen-bond donors (Lipinski definition) is 0. The molecule has 0 saturated carbocycles. The van der Waals surface area contributed by atoms with Gasteiger partial charge in [0.05, 0.1) is 18.9 Å². The Hall–Kier alpha value is -1.39.